The van der Waals surface area contributed by atoms with Crippen LogP contribution in [0.5, 0.6) is 0 Å². The van der Waals surface area contributed by atoms with Crippen molar-refractivity contribution >= 4 is 11.9 Å². The SMILES string of the molecule is Cc1oc(-c2ccccc2)nc1CO/N=C/c1cccc([N+](=O)[O-])c1. The van der Waals surface area contributed by atoms with E-state index in [0.29, 0.717) is 22.9 Å². The lowest BCUT2D eigenvalue weighted by molar-refractivity contribution is -0.384. The predicted octanol–water partition coefficient (Wildman–Crippen LogP) is 4.11. The zero-order valence-electron chi connectivity index (χ0n) is 13.5. The van der Waals surface area contributed by atoms with E-state index in [0.717, 1.165) is 5.56 Å². The highest BCUT2D eigenvalue weighted by Gasteiger charge is 2.11. The molecular weight excluding hydrogens is 322 g/mol. The lowest BCUT2D eigenvalue weighted by Gasteiger charge is -1.96. The highest BCUT2D eigenvalue weighted by atomic mass is 16.6. The Balaban J connectivity index is 1.63. The summed E-state index contributed by atoms with van der Waals surface area (Å²) in [5.41, 5.74) is 2.12. The summed E-state index contributed by atoms with van der Waals surface area (Å²) in [7, 11) is 0. The Hall–Kier alpha value is -3.48. The number of nitrogens with zero attached hydrogens (tertiary/aromatic N) is 3. The zero-order chi connectivity index (χ0) is 17.6. The van der Waals surface area contributed by atoms with Gasteiger partial charge < -0.3 is 9.25 Å². The molecule has 0 atom stereocenters. The number of benzene rings is 2. The average molecular weight is 337 g/mol. The topological polar surface area (TPSA) is 90.8 Å². The fourth-order valence-electron chi connectivity index (χ4n) is 2.18. The maximum Gasteiger partial charge on any atom is 0.270 e. The third-order valence-corrected chi connectivity index (χ3v) is 3.47. The molecule has 25 heavy (non-hydrogen) atoms. The van der Waals surface area contributed by atoms with Crippen LogP contribution < -0.4 is 0 Å². The summed E-state index contributed by atoms with van der Waals surface area (Å²) in [5, 5.41) is 14.6. The van der Waals surface area contributed by atoms with Gasteiger partial charge >= 0.3 is 0 Å². The highest BCUT2D eigenvalue weighted by Crippen LogP contribution is 2.21. The molecule has 0 spiro atoms. The summed E-state index contributed by atoms with van der Waals surface area (Å²) in [6.07, 6.45) is 1.42. The Labute approximate surface area is 143 Å². The molecule has 7 heteroatoms. The van der Waals surface area contributed by atoms with Gasteiger partial charge in [-0.2, -0.15) is 0 Å². The standard InChI is InChI=1S/C18H15N3O4/c1-13-17(20-18(25-13)15-7-3-2-4-8-15)12-24-19-11-14-6-5-9-16(10-14)21(22)23/h2-11H,12H2,1H3/b19-11+. The van der Waals surface area contributed by atoms with Crippen LogP contribution in [0.15, 0.2) is 64.2 Å². The van der Waals surface area contributed by atoms with E-state index in [-0.39, 0.29) is 12.3 Å². The van der Waals surface area contributed by atoms with Crippen molar-refractivity contribution in [1.82, 2.24) is 4.98 Å². The van der Waals surface area contributed by atoms with Crippen LogP contribution in [0.1, 0.15) is 17.0 Å². The van der Waals surface area contributed by atoms with Gasteiger partial charge in [0.1, 0.15) is 11.5 Å². The molecule has 1 heterocycles. The van der Waals surface area contributed by atoms with Gasteiger partial charge in [0.15, 0.2) is 6.61 Å². The Morgan fingerprint density at radius 2 is 2.04 bits per heavy atom. The lowest BCUT2D eigenvalue weighted by Crippen LogP contribution is -1.92. The van der Waals surface area contributed by atoms with Crippen molar-refractivity contribution in [2.75, 3.05) is 0 Å². The van der Waals surface area contributed by atoms with Crippen molar-refractivity contribution in [2.45, 2.75) is 13.5 Å². The number of nitro benzene ring substituents is 1. The third-order valence-electron chi connectivity index (χ3n) is 3.47. The molecule has 3 aromatic rings. The fourth-order valence-corrected chi connectivity index (χ4v) is 2.18. The van der Waals surface area contributed by atoms with Crippen molar-refractivity contribution in [1.29, 1.82) is 0 Å². The van der Waals surface area contributed by atoms with E-state index < -0.39 is 4.92 Å². The summed E-state index contributed by atoms with van der Waals surface area (Å²) in [6.45, 7) is 1.95. The van der Waals surface area contributed by atoms with E-state index in [1.165, 1.54) is 18.3 Å². The minimum absolute atomic E-state index is 0.00352. The van der Waals surface area contributed by atoms with Crippen molar-refractivity contribution in [3.8, 4) is 11.5 Å². The van der Waals surface area contributed by atoms with Crippen LogP contribution in [0.2, 0.25) is 0 Å². The molecule has 0 saturated heterocycles. The number of rotatable bonds is 6. The van der Waals surface area contributed by atoms with E-state index >= 15 is 0 Å². The molecule has 0 aliphatic rings. The van der Waals surface area contributed by atoms with E-state index in [2.05, 4.69) is 10.1 Å². The Morgan fingerprint density at radius 1 is 1.24 bits per heavy atom. The first-order valence-corrected chi connectivity index (χ1v) is 7.55. The number of hydrogen-bond donors (Lipinski definition) is 0. The third kappa shape index (κ3) is 4.08. The summed E-state index contributed by atoms with van der Waals surface area (Å²) < 4.78 is 5.64. The van der Waals surface area contributed by atoms with Crippen molar-refractivity contribution in [3.05, 3.63) is 81.7 Å². The quantitative estimate of drug-likeness (QED) is 0.383. The Bertz CT molecular complexity index is 904. The molecule has 0 radical (unpaired) electrons. The van der Waals surface area contributed by atoms with Crippen molar-refractivity contribution in [3.63, 3.8) is 0 Å². The lowest BCUT2D eigenvalue weighted by atomic mass is 10.2. The average Bonchev–Trinajstić information content (AvgIpc) is 3.00. The molecule has 0 N–H and O–H groups in total. The van der Waals surface area contributed by atoms with Crippen molar-refractivity contribution < 1.29 is 14.2 Å². The molecule has 7 nitrogen and oxygen atoms in total. The molecule has 0 saturated carbocycles. The molecule has 2 aromatic carbocycles. The van der Waals surface area contributed by atoms with Crippen LogP contribution in [0.3, 0.4) is 0 Å². The van der Waals surface area contributed by atoms with E-state index in [4.69, 9.17) is 9.25 Å². The second-order valence-electron chi connectivity index (χ2n) is 5.25. The first-order valence-electron chi connectivity index (χ1n) is 7.55. The number of nitro groups is 1. The van der Waals surface area contributed by atoms with Crippen LogP contribution in [-0.4, -0.2) is 16.1 Å². The number of oxime groups is 1. The van der Waals surface area contributed by atoms with Gasteiger partial charge in [-0.15, -0.1) is 0 Å². The molecular formula is C18H15N3O4. The van der Waals surface area contributed by atoms with Crippen LogP contribution in [-0.2, 0) is 11.4 Å². The Kier molecular flexibility index (Phi) is 4.84. The number of hydrogen-bond acceptors (Lipinski definition) is 6. The first-order chi connectivity index (χ1) is 12.1. The number of aryl methyl sites for hydroxylation is 1. The molecule has 0 amide bonds. The van der Waals surface area contributed by atoms with Gasteiger partial charge in [-0.3, -0.25) is 10.1 Å². The maximum atomic E-state index is 10.7. The molecule has 0 unspecified atom stereocenters. The maximum absolute atomic E-state index is 10.7. The predicted molar refractivity (Wildman–Crippen MR) is 92.2 cm³/mol. The van der Waals surface area contributed by atoms with Gasteiger partial charge in [0.25, 0.3) is 5.69 Å². The highest BCUT2D eigenvalue weighted by molar-refractivity contribution is 5.80. The summed E-state index contributed by atoms with van der Waals surface area (Å²) in [6, 6.07) is 15.7. The second-order valence-corrected chi connectivity index (χ2v) is 5.25. The van der Waals surface area contributed by atoms with Gasteiger partial charge in [0.2, 0.25) is 5.89 Å². The van der Waals surface area contributed by atoms with Crippen molar-refractivity contribution in [2.24, 2.45) is 5.16 Å². The van der Waals surface area contributed by atoms with Gasteiger partial charge in [-0.25, -0.2) is 4.98 Å². The second kappa shape index (κ2) is 7.39. The summed E-state index contributed by atoms with van der Waals surface area (Å²) >= 11 is 0. The largest absolute Gasteiger partial charge is 0.441 e. The molecule has 3 rings (SSSR count). The molecule has 0 aliphatic heterocycles. The van der Waals surface area contributed by atoms with E-state index in [9.17, 15) is 10.1 Å². The molecule has 0 fully saturated rings. The van der Waals surface area contributed by atoms with Crippen LogP contribution in [0, 0.1) is 17.0 Å². The molecule has 0 aliphatic carbocycles. The zero-order valence-corrected chi connectivity index (χ0v) is 13.5. The Morgan fingerprint density at radius 3 is 2.80 bits per heavy atom. The first kappa shape index (κ1) is 16.4. The number of oxazole rings is 1. The normalized spacial score (nSPS) is 10.9. The molecule has 126 valence electrons. The van der Waals surface area contributed by atoms with E-state index in [1.807, 2.05) is 37.3 Å². The molecule has 1 aromatic heterocycles. The van der Waals surface area contributed by atoms with E-state index in [1.54, 1.807) is 12.1 Å². The van der Waals surface area contributed by atoms with Crippen LogP contribution >= 0.6 is 0 Å². The minimum atomic E-state index is -0.456. The monoisotopic (exact) mass is 337 g/mol. The van der Waals surface area contributed by atoms with Gasteiger partial charge in [0, 0.05) is 23.3 Å². The van der Waals surface area contributed by atoms with Crippen LogP contribution in [0.25, 0.3) is 11.5 Å². The fraction of sp³-hybridized carbons (Fsp3) is 0.111. The van der Waals surface area contributed by atoms with Gasteiger partial charge in [-0.05, 0) is 19.1 Å². The van der Waals surface area contributed by atoms with Crippen LogP contribution in [0.4, 0.5) is 5.69 Å². The van der Waals surface area contributed by atoms with Gasteiger partial charge in [-0.1, -0.05) is 35.5 Å². The number of non-ortho nitro benzene ring substituents is 1. The smallest absolute Gasteiger partial charge is 0.270 e. The molecule has 0 bridgehead atoms. The minimum Gasteiger partial charge on any atom is -0.441 e. The summed E-state index contributed by atoms with van der Waals surface area (Å²) in [4.78, 5) is 19.9. The summed E-state index contributed by atoms with van der Waals surface area (Å²) in [5.74, 6) is 1.18. The van der Waals surface area contributed by atoms with Gasteiger partial charge in [0.05, 0.1) is 11.1 Å². The number of aromatic nitrogens is 1.